The number of nitrogens with one attached hydrogen (secondary N) is 1. The van der Waals surface area contributed by atoms with Crippen LogP contribution in [0.15, 0.2) is 24.3 Å². The molecule has 16 heavy (non-hydrogen) atoms. The molecule has 0 spiro atoms. The van der Waals surface area contributed by atoms with Gasteiger partial charge < -0.3 is 16.0 Å². The molecule has 0 bridgehead atoms. The number of para-hydroxylation sites is 1. The molecule has 0 saturated carbocycles. The van der Waals surface area contributed by atoms with Crippen LogP contribution in [0, 0.1) is 0 Å². The first-order valence-corrected chi connectivity index (χ1v) is 5.41. The standard InChI is InChI=1S/C12H19N3O/c1-15(2)12(16)10-6-3-4-7-11(10)14-9-5-8-13/h3-4,6-7,14H,5,8-9,13H2,1-2H3. The highest BCUT2D eigenvalue weighted by Crippen LogP contribution is 2.16. The monoisotopic (exact) mass is 221 g/mol. The van der Waals surface area contributed by atoms with Crippen molar-refractivity contribution in [2.45, 2.75) is 6.42 Å². The molecule has 0 unspecified atom stereocenters. The van der Waals surface area contributed by atoms with Crippen molar-refractivity contribution in [3.63, 3.8) is 0 Å². The summed E-state index contributed by atoms with van der Waals surface area (Å²) < 4.78 is 0. The van der Waals surface area contributed by atoms with Crippen LogP contribution in [-0.2, 0) is 0 Å². The Kier molecular flexibility index (Phi) is 4.79. The third kappa shape index (κ3) is 3.24. The second-order valence-electron chi connectivity index (χ2n) is 3.81. The maximum atomic E-state index is 11.9. The molecule has 0 aliphatic heterocycles. The van der Waals surface area contributed by atoms with Gasteiger partial charge >= 0.3 is 0 Å². The summed E-state index contributed by atoms with van der Waals surface area (Å²) in [6, 6.07) is 7.52. The minimum atomic E-state index is 0.0100. The third-order valence-corrected chi connectivity index (χ3v) is 2.26. The first-order valence-electron chi connectivity index (χ1n) is 5.41. The van der Waals surface area contributed by atoms with Crippen molar-refractivity contribution in [3.05, 3.63) is 29.8 Å². The van der Waals surface area contributed by atoms with E-state index in [0.717, 1.165) is 18.7 Å². The van der Waals surface area contributed by atoms with Crippen molar-refractivity contribution in [2.24, 2.45) is 5.73 Å². The van der Waals surface area contributed by atoms with Crippen LogP contribution in [0.5, 0.6) is 0 Å². The van der Waals surface area contributed by atoms with Crippen LogP contribution in [0.1, 0.15) is 16.8 Å². The van der Waals surface area contributed by atoms with Crippen molar-refractivity contribution in [3.8, 4) is 0 Å². The van der Waals surface area contributed by atoms with Gasteiger partial charge in [0.2, 0.25) is 0 Å². The number of carbonyl (C=O) groups is 1. The van der Waals surface area contributed by atoms with Gasteiger partial charge in [-0.05, 0) is 25.1 Å². The molecule has 0 saturated heterocycles. The van der Waals surface area contributed by atoms with E-state index in [-0.39, 0.29) is 5.91 Å². The number of rotatable bonds is 5. The van der Waals surface area contributed by atoms with E-state index in [2.05, 4.69) is 5.32 Å². The predicted molar refractivity (Wildman–Crippen MR) is 66.6 cm³/mol. The fourth-order valence-corrected chi connectivity index (χ4v) is 1.39. The Bertz CT molecular complexity index is 350. The van der Waals surface area contributed by atoms with Gasteiger partial charge in [0.05, 0.1) is 5.56 Å². The SMILES string of the molecule is CN(C)C(=O)c1ccccc1NCCCN. The van der Waals surface area contributed by atoms with Crippen LogP contribution < -0.4 is 11.1 Å². The van der Waals surface area contributed by atoms with E-state index in [9.17, 15) is 4.79 Å². The Morgan fingerprint density at radius 1 is 1.38 bits per heavy atom. The average molecular weight is 221 g/mol. The lowest BCUT2D eigenvalue weighted by molar-refractivity contribution is 0.0828. The fraction of sp³-hybridized carbons (Fsp3) is 0.417. The second kappa shape index (κ2) is 6.12. The summed E-state index contributed by atoms with van der Waals surface area (Å²) in [5.74, 6) is 0.0100. The first kappa shape index (κ1) is 12.5. The molecule has 0 aliphatic rings. The molecule has 4 heteroatoms. The molecule has 1 amide bonds. The number of nitrogens with two attached hydrogens (primary N) is 1. The highest BCUT2D eigenvalue weighted by Gasteiger charge is 2.11. The minimum Gasteiger partial charge on any atom is -0.384 e. The molecule has 0 heterocycles. The summed E-state index contributed by atoms with van der Waals surface area (Å²) in [5, 5.41) is 3.22. The minimum absolute atomic E-state index is 0.0100. The van der Waals surface area contributed by atoms with E-state index < -0.39 is 0 Å². The van der Waals surface area contributed by atoms with E-state index in [0.29, 0.717) is 12.1 Å². The van der Waals surface area contributed by atoms with Crippen molar-refractivity contribution in [2.75, 3.05) is 32.5 Å². The molecule has 4 nitrogen and oxygen atoms in total. The highest BCUT2D eigenvalue weighted by molar-refractivity contribution is 5.99. The summed E-state index contributed by atoms with van der Waals surface area (Å²) in [4.78, 5) is 13.4. The van der Waals surface area contributed by atoms with Gasteiger partial charge in [-0.2, -0.15) is 0 Å². The molecule has 1 rings (SSSR count). The maximum absolute atomic E-state index is 11.9. The van der Waals surface area contributed by atoms with Gasteiger partial charge in [-0.3, -0.25) is 4.79 Å². The highest BCUT2D eigenvalue weighted by atomic mass is 16.2. The first-order chi connectivity index (χ1) is 7.66. The molecule has 0 aliphatic carbocycles. The van der Waals surface area contributed by atoms with Crippen LogP contribution in [0.25, 0.3) is 0 Å². The molecule has 88 valence electrons. The van der Waals surface area contributed by atoms with Gasteiger partial charge in [0.25, 0.3) is 5.91 Å². The maximum Gasteiger partial charge on any atom is 0.255 e. The number of benzene rings is 1. The largest absolute Gasteiger partial charge is 0.384 e. The lowest BCUT2D eigenvalue weighted by Crippen LogP contribution is -2.23. The van der Waals surface area contributed by atoms with Gasteiger partial charge in [-0.1, -0.05) is 12.1 Å². The van der Waals surface area contributed by atoms with E-state index >= 15 is 0 Å². The molecule has 1 aromatic rings. The normalized spacial score (nSPS) is 9.94. The van der Waals surface area contributed by atoms with Crippen molar-refractivity contribution >= 4 is 11.6 Å². The number of carbonyl (C=O) groups excluding carboxylic acids is 1. The van der Waals surface area contributed by atoms with Gasteiger partial charge in [0, 0.05) is 26.3 Å². The smallest absolute Gasteiger partial charge is 0.255 e. The van der Waals surface area contributed by atoms with Crippen LogP contribution in [0.2, 0.25) is 0 Å². The Labute approximate surface area is 96.4 Å². The summed E-state index contributed by atoms with van der Waals surface area (Å²) in [6.45, 7) is 1.44. The average Bonchev–Trinajstić information content (AvgIpc) is 2.29. The quantitative estimate of drug-likeness (QED) is 0.733. The Morgan fingerprint density at radius 3 is 2.69 bits per heavy atom. The van der Waals surface area contributed by atoms with Gasteiger partial charge in [-0.25, -0.2) is 0 Å². The van der Waals surface area contributed by atoms with E-state index in [1.54, 1.807) is 19.0 Å². The number of hydrogen-bond donors (Lipinski definition) is 2. The fourth-order valence-electron chi connectivity index (χ4n) is 1.39. The number of nitrogens with zero attached hydrogens (tertiary/aromatic N) is 1. The molecular formula is C12H19N3O. The number of amides is 1. The Balaban J connectivity index is 2.79. The zero-order valence-corrected chi connectivity index (χ0v) is 9.86. The van der Waals surface area contributed by atoms with E-state index in [1.165, 1.54) is 0 Å². The number of hydrogen-bond acceptors (Lipinski definition) is 3. The molecule has 0 fully saturated rings. The predicted octanol–water partition coefficient (Wildman–Crippen LogP) is 1.15. The van der Waals surface area contributed by atoms with Gasteiger partial charge in [0.1, 0.15) is 0 Å². The third-order valence-electron chi connectivity index (χ3n) is 2.26. The van der Waals surface area contributed by atoms with Crippen LogP contribution in [0.3, 0.4) is 0 Å². The molecule has 0 radical (unpaired) electrons. The molecular weight excluding hydrogens is 202 g/mol. The zero-order chi connectivity index (χ0) is 12.0. The van der Waals surface area contributed by atoms with Crippen LogP contribution in [-0.4, -0.2) is 38.0 Å². The zero-order valence-electron chi connectivity index (χ0n) is 9.86. The van der Waals surface area contributed by atoms with Crippen LogP contribution >= 0.6 is 0 Å². The van der Waals surface area contributed by atoms with Crippen molar-refractivity contribution in [1.82, 2.24) is 4.90 Å². The van der Waals surface area contributed by atoms with Crippen molar-refractivity contribution in [1.29, 1.82) is 0 Å². The van der Waals surface area contributed by atoms with Gasteiger partial charge in [0.15, 0.2) is 0 Å². The van der Waals surface area contributed by atoms with E-state index in [4.69, 9.17) is 5.73 Å². The molecule has 0 aromatic heterocycles. The molecule has 1 aromatic carbocycles. The summed E-state index contributed by atoms with van der Waals surface area (Å²) in [6.07, 6.45) is 0.893. The summed E-state index contributed by atoms with van der Waals surface area (Å²) in [5.41, 5.74) is 6.99. The summed E-state index contributed by atoms with van der Waals surface area (Å²) in [7, 11) is 3.50. The van der Waals surface area contributed by atoms with Gasteiger partial charge in [-0.15, -0.1) is 0 Å². The lowest BCUT2D eigenvalue weighted by Gasteiger charge is -2.15. The molecule has 0 atom stereocenters. The second-order valence-corrected chi connectivity index (χ2v) is 3.81. The lowest BCUT2D eigenvalue weighted by atomic mass is 10.1. The van der Waals surface area contributed by atoms with Crippen LogP contribution in [0.4, 0.5) is 5.69 Å². The Hall–Kier alpha value is -1.55. The number of anilines is 1. The summed E-state index contributed by atoms with van der Waals surface area (Å²) >= 11 is 0. The Morgan fingerprint density at radius 2 is 2.06 bits per heavy atom. The topological polar surface area (TPSA) is 58.4 Å². The van der Waals surface area contributed by atoms with Crippen molar-refractivity contribution < 1.29 is 4.79 Å². The molecule has 3 N–H and O–H groups in total. The van der Waals surface area contributed by atoms with E-state index in [1.807, 2.05) is 24.3 Å².